The van der Waals surface area contributed by atoms with Gasteiger partial charge in [0.2, 0.25) is 5.69 Å². The first-order valence-electron chi connectivity index (χ1n) is 33.1. The van der Waals surface area contributed by atoms with E-state index in [1.54, 1.807) is 0 Å². The van der Waals surface area contributed by atoms with E-state index in [4.69, 9.17) is 4.85 Å². The summed E-state index contributed by atoms with van der Waals surface area (Å²) in [5.74, 6) is 0. The molecule has 4 aliphatic rings. The molecule has 0 radical (unpaired) electrons. The van der Waals surface area contributed by atoms with E-state index in [0.717, 1.165) is 97.7 Å². The summed E-state index contributed by atoms with van der Waals surface area (Å²) in [6, 6.07) is 37.6. The lowest BCUT2D eigenvalue weighted by atomic mass is 9.73. The van der Waals surface area contributed by atoms with Crippen LogP contribution in [0.15, 0.2) is 84.9 Å². The zero-order valence-corrected chi connectivity index (χ0v) is 52.6. The molecule has 0 aliphatic heterocycles. The van der Waals surface area contributed by atoms with Crippen LogP contribution in [0.3, 0.4) is 0 Å². The fourth-order valence-corrected chi connectivity index (χ4v) is 19.3. The van der Waals surface area contributed by atoms with E-state index in [1.165, 1.54) is 172 Å². The Morgan fingerprint density at radius 1 is 0.464 bits per heavy atom. The van der Waals surface area contributed by atoms with Gasteiger partial charge in [-0.1, -0.05) is 157 Å². The van der Waals surface area contributed by atoms with Crippen molar-refractivity contribution in [1.82, 2.24) is 8.80 Å². The van der Waals surface area contributed by atoms with Gasteiger partial charge < -0.3 is 8.80 Å². The van der Waals surface area contributed by atoms with Gasteiger partial charge in [-0.05, 0) is 214 Å². The maximum atomic E-state index is 12.0. The van der Waals surface area contributed by atoms with E-state index in [1.807, 2.05) is 0 Å². The molecule has 0 saturated heterocycles. The smallest absolute Gasteiger partial charge is 0.200 e. The molecule has 0 unspecified atom stereocenters. The minimum absolute atomic E-state index is 0.000870. The zero-order chi connectivity index (χ0) is 58.4. The molecule has 0 bridgehead atoms. The van der Waals surface area contributed by atoms with E-state index in [2.05, 4.69) is 183 Å². The quantitative estimate of drug-likeness (QED) is 0.126. The maximum Gasteiger partial charge on any atom is 0.200 e. The van der Waals surface area contributed by atoms with Crippen LogP contribution in [0.1, 0.15) is 236 Å². The maximum absolute atomic E-state index is 12.0. The highest BCUT2D eigenvalue weighted by molar-refractivity contribution is 6.32. The van der Waals surface area contributed by atoms with Gasteiger partial charge in [-0.2, -0.15) is 5.26 Å². The number of benzene rings is 7. The number of aryl methyl sites for hydroxylation is 2. The lowest BCUT2D eigenvalue weighted by Gasteiger charge is -2.31. The topological polar surface area (TPSA) is 37.0 Å². The highest BCUT2D eigenvalue weighted by Crippen LogP contribution is 2.62. The van der Waals surface area contributed by atoms with Gasteiger partial charge in [-0.3, -0.25) is 0 Å². The largest absolute Gasteiger partial charge is 0.309 e. The summed E-state index contributed by atoms with van der Waals surface area (Å²) in [5.41, 5.74) is 25.1. The van der Waals surface area contributed by atoms with Crippen molar-refractivity contribution in [2.24, 2.45) is 0 Å². The van der Waals surface area contributed by atoms with Crippen molar-refractivity contribution in [2.45, 2.75) is 231 Å². The molecule has 4 nitrogen and oxygen atoms in total. The van der Waals surface area contributed by atoms with Gasteiger partial charge in [0.15, 0.2) is 0 Å². The first-order chi connectivity index (χ1) is 40.4. The van der Waals surface area contributed by atoms with Gasteiger partial charge >= 0.3 is 0 Å². The molecule has 2 saturated carbocycles. The predicted octanol–water partition coefficient (Wildman–Crippen LogP) is 22.8. The minimum Gasteiger partial charge on any atom is -0.309 e. The average molecular weight is 1100 g/mol. The first kappa shape index (κ1) is 53.8. The van der Waals surface area contributed by atoms with Gasteiger partial charge in [0.25, 0.3) is 0 Å². The van der Waals surface area contributed by atoms with Crippen molar-refractivity contribution >= 4 is 81.9 Å². The van der Waals surface area contributed by atoms with E-state index < -0.39 is 0 Å². The summed E-state index contributed by atoms with van der Waals surface area (Å²) >= 11 is 0. The summed E-state index contributed by atoms with van der Waals surface area (Å²) in [7, 11) is 0. The molecule has 4 heteroatoms. The van der Waals surface area contributed by atoms with Gasteiger partial charge in [0.1, 0.15) is 6.07 Å². The van der Waals surface area contributed by atoms with Crippen LogP contribution in [-0.4, -0.2) is 8.80 Å². The Morgan fingerprint density at radius 3 is 1.24 bits per heavy atom. The molecule has 4 heterocycles. The van der Waals surface area contributed by atoms with E-state index >= 15 is 0 Å². The minimum atomic E-state index is -0.00405. The summed E-state index contributed by atoms with van der Waals surface area (Å²) in [6.45, 7) is 37.7. The number of rotatable bonds is 10. The molecule has 426 valence electrons. The second kappa shape index (κ2) is 18.3. The van der Waals surface area contributed by atoms with Crippen molar-refractivity contribution in [3.63, 3.8) is 0 Å². The number of hydrogen-bond donors (Lipinski definition) is 0. The van der Waals surface area contributed by atoms with E-state index in [-0.39, 0.29) is 32.5 Å². The molecule has 15 rings (SSSR count). The molecule has 7 aromatic carbocycles. The van der Waals surface area contributed by atoms with Crippen molar-refractivity contribution in [3.05, 3.63) is 146 Å². The Hall–Kier alpha value is -6.88. The van der Waals surface area contributed by atoms with Crippen LogP contribution in [0.5, 0.6) is 0 Å². The first-order valence-corrected chi connectivity index (χ1v) is 33.1. The Kier molecular flexibility index (Phi) is 11.7. The third kappa shape index (κ3) is 6.87. The highest BCUT2D eigenvalue weighted by atomic mass is 14.9. The molecule has 84 heavy (non-hydrogen) atoms. The van der Waals surface area contributed by atoms with Crippen LogP contribution in [0.4, 0.5) is 5.69 Å². The molecular weight excluding hydrogens is 1020 g/mol. The lowest BCUT2D eigenvalue weighted by molar-refractivity contribution is 0.382. The fraction of sp³-hybridized carbons (Fsp3) is 0.450. The van der Waals surface area contributed by atoms with E-state index in [0.29, 0.717) is 0 Å². The monoisotopic (exact) mass is 1100 g/mol. The SMILES string of the molecule is [C-]#[N+]c1c2c(c3c4cc(C(CC)(CC)CC)cc5c6cc7c(cc6n(c3c1-c1ccc(C(C)(C)C)cc1)c54)c1cc(C(CC)(CC)CC)cc3c4c5c(c(C#N)c(-c6ccc(C(C)(C)C)cc6)c4n7c13)C1(CCCC1)CC5)CCC21CCCC1. The predicted molar refractivity (Wildman–Crippen MR) is 357 cm³/mol. The van der Waals surface area contributed by atoms with Gasteiger partial charge in [-0.15, -0.1) is 0 Å². The summed E-state index contributed by atoms with van der Waals surface area (Å²) in [6.07, 6.45) is 20.3. The summed E-state index contributed by atoms with van der Waals surface area (Å²) in [4.78, 5) is 4.79. The van der Waals surface area contributed by atoms with Crippen LogP contribution < -0.4 is 0 Å². The molecule has 0 atom stereocenters. The third-order valence-electron chi connectivity index (χ3n) is 24.4. The number of hydrogen-bond acceptors (Lipinski definition) is 1. The number of aromatic nitrogens is 2. The third-order valence-corrected chi connectivity index (χ3v) is 24.4. The van der Waals surface area contributed by atoms with Crippen molar-refractivity contribution < 1.29 is 0 Å². The van der Waals surface area contributed by atoms with Crippen LogP contribution in [0.25, 0.3) is 103 Å². The van der Waals surface area contributed by atoms with E-state index in [9.17, 15) is 11.8 Å². The Balaban J connectivity index is 1.18. The van der Waals surface area contributed by atoms with Crippen LogP contribution in [0, 0.1) is 17.9 Å². The lowest BCUT2D eigenvalue weighted by Crippen LogP contribution is -2.23. The second-order valence-electron chi connectivity index (χ2n) is 29.6. The molecule has 2 spiro atoms. The summed E-state index contributed by atoms with van der Waals surface area (Å²) in [5, 5.41) is 22.7. The Morgan fingerprint density at radius 2 is 0.845 bits per heavy atom. The molecule has 4 aliphatic carbocycles. The van der Waals surface area contributed by atoms with Gasteiger partial charge in [0.05, 0.1) is 45.2 Å². The molecule has 4 aromatic heterocycles. The molecule has 2 fully saturated rings. The second-order valence-corrected chi connectivity index (χ2v) is 29.6. The standard InChI is InChI=1S/C80H86N4/c1-14-77(15-2,16-3)51-40-57-55-45-63-56(44-62(55)83-71(57)59(42-51)66-53-32-38-79(34-20-21-35-79)68(53)61(46-81)64(73(66)83)47-24-28-49(29-25-47)75(7,8)9)58-41-52(78(17-4,18-5)19-6)43-60-67-54-33-39-80(36-22-23-37-80)69(54)70(82-13)65(74(67)84(63)72(58)60)48-26-30-50(31-27-48)76(10,11)12/h24-31,40-45H,14-23,32-39H2,1-12H3. The van der Waals surface area contributed by atoms with Gasteiger partial charge in [-0.25, -0.2) is 4.85 Å². The average Bonchev–Trinajstić information content (AvgIpc) is 1.57. The van der Waals surface area contributed by atoms with Crippen molar-refractivity contribution in [1.29, 1.82) is 5.26 Å². The Labute approximate surface area is 499 Å². The number of nitriles is 1. The van der Waals surface area contributed by atoms with Crippen LogP contribution in [0.2, 0.25) is 0 Å². The van der Waals surface area contributed by atoms with Gasteiger partial charge in [0, 0.05) is 54.2 Å². The number of fused-ring (bicyclic) bond motifs is 18. The summed E-state index contributed by atoms with van der Waals surface area (Å²) < 4.78 is 5.38. The van der Waals surface area contributed by atoms with Crippen molar-refractivity contribution in [2.75, 3.05) is 0 Å². The number of nitrogens with zero attached hydrogens (tertiary/aromatic N) is 4. The normalized spacial score (nSPS) is 17.2. The zero-order valence-electron chi connectivity index (χ0n) is 52.6. The molecule has 11 aromatic rings. The van der Waals surface area contributed by atoms with Crippen LogP contribution in [-0.2, 0) is 45.3 Å². The molecule has 0 N–H and O–H groups in total. The molecule has 0 amide bonds. The highest BCUT2D eigenvalue weighted by Gasteiger charge is 2.48. The molecular formula is C80H86N4. The Bertz CT molecular complexity index is 4320. The fourth-order valence-electron chi connectivity index (χ4n) is 19.3. The van der Waals surface area contributed by atoms with Crippen molar-refractivity contribution in [3.8, 4) is 28.3 Å². The van der Waals surface area contributed by atoms with Crippen LogP contribution >= 0.6 is 0 Å².